The van der Waals surface area contributed by atoms with Crippen molar-refractivity contribution in [1.82, 2.24) is 0 Å². The highest BCUT2D eigenvalue weighted by Gasteiger charge is 2.10. The van der Waals surface area contributed by atoms with Gasteiger partial charge in [-0.25, -0.2) is 0 Å². The molecule has 0 aliphatic heterocycles. The third kappa shape index (κ3) is 2.86. The summed E-state index contributed by atoms with van der Waals surface area (Å²) in [6, 6.07) is 8.13. The summed E-state index contributed by atoms with van der Waals surface area (Å²) >= 11 is 0. The van der Waals surface area contributed by atoms with E-state index in [0.717, 1.165) is 17.7 Å². The minimum Gasteiger partial charge on any atom is -0.486 e. The first-order valence-corrected chi connectivity index (χ1v) is 5.94. The fourth-order valence-corrected chi connectivity index (χ4v) is 1.93. The van der Waals surface area contributed by atoms with Crippen LogP contribution in [-0.2, 0) is 0 Å². The molecule has 0 fully saturated rings. The van der Waals surface area contributed by atoms with Crippen LogP contribution in [0, 0.1) is 0 Å². The molecule has 16 heavy (non-hydrogen) atoms. The van der Waals surface area contributed by atoms with Crippen molar-refractivity contribution in [2.75, 3.05) is 0 Å². The molecule has 1 aliphatic carbocycles. The zero-order valence-corrected chi connectivity index (χ0v) is 9.73. The molecule has 1 unspecified atom stereocenters. The average Bonchev–Trinajstić information content (AvgIpc) is 2.30. The minimum atomic E-state index is 0.0606. The highest BCUT2D eigenvalue weighted by atomic mass is 16.5. The summed E-state index contributed by atoms with van der Waals surface area (Å²) in [4.78, 5) is 0. The molecule has 2 heteroatoms. The van der Waals surface area contributed by atoms with Crippen molar-refractivity contribution >= 4 is 0 Å². The average molecular weight is 217 g/mol. The summed E-state index contributed by atoms with van der Waals surface area (Å²) in [7, 11) is 0. The number of allylic oxidation sites excluding steroid dienone is 1. The number of benzene rings is 1. The Bertz CT molecular complexity index is 371. The van der Waals surface area contributed by atoms with Gasteiger partial charge in [-0.2, -0.15) is 0 Å². The third-order valence-electron chi connectivity index (χ3n) is 2.88. The summed E-state index contributed by atoms with van der Waals surface area (Å²) in [5.74, 6) is 0.923. The lowest BCUT2D eigenvalue weighted by molar-refractivity contribution is 0.229. The number of hydrogen-bond donors (Lipinski definition) is 1. The molecule has 0 bridgehead atoms. The van der Waals surface area contributed by atoms with Crippen LogP contribution in [0.3, 0.4) is 0 Å². The predicted molar refractivity (Wildman–Crippen MR) is 66.5 cm³/mol. The lowest BCUT2D eigenvalue weighted by atomic mass is 10.1. The van der Waals surface area contributed by atoms with Gasteiger partial charge in [-0.15, -0.1) is 0 Å². The van der Waals surface area contributed by atoms with Crippen LogP contribution in [0.15, 0.2) is 36.4 Å². The monoisotopic (exact) mass is 217 g/mol. The first-order chi connectivity index (χ1) is 7.75. The van der Waals surface area contributed by atoms with Crippen LogP contribution in [0.4, 0.5) is 0 Å². The number of nitrogens with two attached hydrogens (primary N) is 1. The van der Waals surface area contributed by atoms with Crippen molar-refractivity contribution in [2.24, 2.45) is 5.73 Å². The summed E-state index contributed by atoms with van der Waals surface area (Å²) < 4.78 is 5.90. The van der Waals surface area contributed by atoms with E-state index in [-0.39, 0.29) is 12.1 Å². The van der Waals surface area contributed by atoms with E-state index in [0.29, 0.717) is 0 Å². The van der Waals surface area contributed by atoms with E-state index >= 15 is 0 Å². The largest absolute Gasteiger partial charge is 0.486 e. The predicted octanol–water partition coefficient (Wildman–Crippen LogP) is 3.19. The van der Waals surface area contributed by atoms with Crippen LogP contribution < -0.4 is 10.5 Å². The van der Waals surface area contributed by atoms with Gasteiger partial charge in [0.15, 0.2) is 0 Å². The first-order valence-electron chi connectivity index (χ1n) is 5.94. The Kier molecular flexibility index (Phi) is 3.62. The van der Waals surface area contributed by atoms with Gasteiger partial charge in [-0.05, 0) is 50.0 Å². The number of rotatable bonds is 3. The molecule has 1 aromatic carbocycles. The summed E-state index contributed by atoms with van der Waals surface area (Å²) in [5.41, 5.74) is 6.97. The lowest BCUT2D eigenvalue weighted by Gasteiger charge is -2.19. The van der Waals surface area contributed by atoms with E-state index in [9.17, 15) is 0 Å². The van der Waals surface area contributed by atoms with E-state index in [2.05, 4.69) is 12.2 Å². The fourth-order valence-electron chi connectivity index (χ4n) is 1.93. The number of ether oxygens (including phenoxy) is 1. The van der Waals surface area contributed by atoms with Gasteiger partial charge in [0.25, 0.3) is 0 Å². The molecule has 1 aromatic rings. The standard InChI is InChI=1S/C14H19NO/c1-11(15)12-6-5-9-14(10-12)16-13-7-3-2-4-8-13/h3,5-7,9-11,13H,2,4,8,15H2,1H3/t11-,13?/m1/s1. The van der Waals surface area contributed by atoms with Gasteiger partial charge in [0, 0.05) is 6.04 Å². The molecular weight excluding hydrogens is 198 g/mol. The van der Waals surface area contributed by atoms with Crippen molar-refractivity contribution in [2.45, 2.75) is 38.3 Å². The Morgan fingerprint density at radius 2 is 2.31 bits per heavy atom. The topological polar surface area (TPSA) is 35.2 Å². The molecule has 2 atom stereocenters. The van der Waals surface area contributed by atoms with Crippen LogP contribution >= 0.6 is 0 Å². The SMILES string of the molecule is C[C@@H](N)c1cccc(OC2C=CCCC2)c1. The van der Waals surface area contributed by atoms with Gasteiger partial charge in [0.05, 0.1) is 0 Å². The first kappa shape index (κ1) is 11.2. The fraction of sp³-hybridized carbons (Fsp3) is 0.429. The number of hydrogen-bond acceptors (Lipinski definition) is 2. The summed E-state index contributed by atoms with van der Waals surface area (Å²) in [6.07, 6.45) is 8.09. The van der Waals surface area contributed by atoms with E-state index in [1.54, 1.807) is 0 Å². The molecule has 2 nitrogen and oxygen atoms in total. The van der Waals surface area contributed by atoms with Gasteiger partial charge >= 0.3 is 0 Å². The van der Waals surface area contributed by atoms with Gasteiger partial charge < -0.3 is 10.5 Å². The van der Waals surface area contributed by atoms with Crippen molar-refractivity contribution in [3.8, 4) is 5.75 Å². The molecule has 0 amide bonds. The molecule has 0 radical (unpaired) electrons. The van der Waals surface area contributed by atoms with E-state index in [1.165, 1.54) is 12.8 Å². The van der Waals surface area contributed by atoms with Gasteiger partial charge in [-0.1, -0.05) is 18.2 Å². The Morgan fingerprint density at radius 1 is 1.44 bits per heavy atom. The van der Waals surface area contributed by atoms with E-state index in [4.69, 9.17) is 10.5 Å². The Labute approximate surface area is 97.1 Å². The third-order valence-corrected chi connectivity index (χ3v) is 2.88. The smallest absolute Gasteiger partial charge is 0.120 e. The second-order valence-electron chi connectivity index (χ2n) is 4.38. The highest BCUT2D eigenvalue weighted by Crippen LogP contribution is 2.21. The molecule has 0 aromatic heterocycles. The van der Waals surface area contributed by atoms with Crippen LogP contribution in [-0.4, -0.2) is 6.10 Å². The van der Waals surface area contributed by atoms with E-state index in [1.807, 2.05) is 31.2 Å². The highest BCUT2D eigenvalue weighted by molar-refractivity contribution is 5.30. The maximum Gasteiger partial charge on any atom is 0.120 e. The Hall–Kier alpha value is -1.28. The Morgan fingerprint density at radius 3 is 3.00 bits per heavy atom. The van der Waals surface area contributed by atoms with Crippen LogP contribution in [0.2, 0.25) is 0 Å². The molecule has 2 rings (SSSR count). The zero-order valence-electron chi connectivity index (χ0n) is 9.73. The van der Waals surface area contributed by atoms with Crippen molar-refractivity contribution in [3.63, 3.8) is 0 Å². The summed E-state index contributed by atoms with van der Waals surface area (Å²) in [5, 5.41) is 0. The second kappa shape index (κ2) is 5.17. The van der Waals surface area contributed by atoms with Crippen LogP contribution in [0.25, 0.3) is 0 Å². The molecular formula is C14H19NO. The maximum atomic E-state index is 5.90. The molecule has 0 spiro atoms. The molecule has 86 valence electrons. The van der Waals surface area contributed by atoms with Crippen molar-refractivity contribution in [1.29, 1.82) is 0 Å². The van der Waals surface area contributed by atoms with Gasteiger partial charge in [-0.3, -0.25) is 0 Å². The molecule has 2 N–H and O–H groups in total. The second-order valence-corrected chi connectivity index (χ2v) is 4.38. The van der Waals surface area contributed by atoms with Crippen LogP contribution in [0.5, 0.6) is 5.75 Å². The Balaban J connectivity index is 2.06. The zero-order chi connectivity index (χ0) is 11.4. The van der Waals surface area contributed by atoms with E-state index < -0.39 is 0 Å². The van der Waals surface area contributed by atoms with Gasteiger partial charge in [0.1, 0.15) is 11.9 Å². The van der Waals surface area contributed by atoms with Gasteiger partial charge in [0.2, 0.25) is 0 Å². The molecule has 1 aliphatic rings. The lowest BCUT2D eigenvalue weighted by Crippen LogP contribution is -2.16. The van der Waals surface area contributed by atoms with Crippen molar-refractivity contribution in [3.05, 3.63) is 42.0 Å². The molecule has 0 heterocycles. The molecule has 0 saturated heterocycles. The quantitative estimate of drug-likeness (QED) is 0.789. The summed E-state index contributed by atoms with van der Waals surface area (Å²) in [6.45, 7) is 1.99. The minimum absolute atomic E-state index is 0.0606. The van der Waals surface area contributed by atoms with Crippen LogP contribution in [0.1, 0.15) is 37.8 Å². The van der Waals surface area contributed by atoms with Crippen molar-refractivity contribution < 1.29 is 4.74 Å². The normalized spacial score (nSPS) is 21.8. The molecule has 0 saturated carbocycles. The maximum absolute atomic E-state index is 5.90.